The Kier molecular flexibility index (Phi) is 6.02. The third-order valence-corrected chi connectivity index (χ3v) is 6.33. The highest BCUT2D eigenvalue weighted by Crippen LogP contribution is 2.34. The molecule has 2 aromatic carbocycles. The summed E-state index contributed by atoms with van der Waals surface area (Å²) < 4.78 is 11.4. The second-order valence-corrected chi connectivity index (χ2v) is 8.68. The molecule has 3 heterocycles. The number of piperidine rings is 1. The van der Waals surface area contributed by atoms with E-state index >= 15 is 0 Å². The first kappa shape index (κ1) is 22.1. The maximum absolute atomic E-state index is 13.1. The van der Waals surface area contributed by atoms with E-state index in [2.05, 4.69) is 20.6 Å². The van der Waals surface area contributed by atoms with E-state index in [1.54, 1.807) is 36.1 Å². The smallest absolute Gasteiger partial charge is 0.336 e. The lowest BCUT2D eigenvalue weighted by atomic mass is 9.97. The molecule has 1 saturated heterocycles. The maximum atomic E-state index is 13.1. The first-order valence-electron chi connectivity index (χ1n) is 11.0. The molecule has 2 unspecified atom stereocenters. The van der Waals surface area contributed by atoms with Crippen molar-refractivity contribution in [2.24, 2.45) is 0 Å². The van der Waals surface area contributed by atoms with Gasteiger partial charge < -0.3 is 14.1 Å². The highest BCUT2D eigenvalue weighted by molar-refractivity contribution is 6.33. The van der Waals surface area contributed by atoms with Crippen molar-refractivity contribution in [3.05, 3.63) is 69.8 Å². The number of rotatable bonds is 5. The Bertz CT molecular complexity index is 1390. The number of tetrazole rings is 1. The molecule has 9 nitrogen and oxygen atoms in total. The molecular formula is C24H22ClN5O4. The second-order valence-electron chi connectivity index (χ2n) is 8.27. The fraction of sp³-hybridized carbons (Fsp3) is 0.292. The second kappa shape index (κ2) is 9.26. The Balaban J connectivity index is 1.36. The Hall–Kier alpha value is -3.72. The van der Waals surface area contributed by atoms with Gasteiger partial charge in [-0.15, -0.1) is 10.2 Å². The molecule has 2 atom stereocenters. The molecule has 1 N–H and O–H groups in total. The van der Waals surface area contributed by atoms with Crippen LogP contribution in [0.1, 0.15) is 31.5 Å². The fourth-order valence-electron chi connectivity index (χ4n) is 4.36. The van der Waals surface area contributed by atoms with E-state index in [0.717, 1.165) is 23.8 Å². The van der Waals surface area contributed by atoms with Crippen molar-refractivity contribution >= 4 is 28.5 Å². The van der Waals surface area contributed by atoms with Gasteiger partial charge in [0.1, 0.15) is 11.3 Å². The predicted molar refractivity (Wildman–Crippen MR) is 126 cm³/mol. The van der Waals surface area contributed by atoms with Crippen LogP contribution in [0.3, 0.4) is 0 Å². The molecule has 2 aromatic heterocycles. The van der Waals surface area contributed by atoms with E-state index in [4.69, 9.17) is 20.8 Å². The van der Waals surface area contributed by atoms with Crippen LogP contribution in [0.5, 0.6) is 5.75 Å². The van der Waals surface area contributed by atoms with Gasteiger partial charge in [0.25, 0.3) is 5.91 Å². The lowest BCUT2D eigenvalue weighted by Crippen LogP contribution is -2.45. The van der Waals surface area contributed by atoms with E-state index < -0.39 is 11.7 Å². The quantitative estimate of drug-likeness (QED) is 0.433. The number of hydrogen-bond acceptors (Lipinski definition) is 7. The van der Waals surface area contributed by atoms with Crippen LogP contribution in [-0.4, -0.2) is 50.6 Å². The van der Waals surface area contributed by atoms with Crippen LogP contribution in [0.4, 0.5) is 0 Å². The number of amides is 1. The summed E-state index contributed by atoms with van der Waals surface area (Å²) in [6.45, 7) is 2.87. The molecule has 4 aromatic rings. The summed E-state index contributed by atoms with van der Waals surface area (Å²) in [6, 6.07) is 13.9. The Morgan fingerprint density at radius 1 is 1.24 bits per heavy atom. The first-order chi connectivity index (χ1) is 16.5. The number of carbonyl (C=O) groups excluding carboxylic acids is 1. The normalized spacial score (nSPS) is 17.0. The molecule has 0 aliphatic carbocycles. The van der Waals surface area contributed by atoms with Crippen LogP contribution in [0, 0.1) is 0 Å². The number of H-pyrrole nitrogens is 1. The summed E-state index contributed by atoms with van der Waals surface area (Å²) in [5, 5.41) is 15.5. The zero-order valence-electron chi connectivity index (χ0n) is 18.4. The lowest BCUT2D eigenvalue weighted by molar-refractivity contribution is -0.139. The number of fused-ring (bicyclic) bond motifs is 1. The molecule has 5 rings (SSSR count). The first-order valence-corrected chi connectivity index (χ1v) is 11.4. The van der Waals surface area contributed by atoms with Crippen molar-refractivity contribution in [1.82, 2.24) is 25.5 Å². The molecule has 34 heavy (non-hydrogen) atoms. The third kappa shape index (κ3) is 4.38. The minimum atomic E-state index is -0.722. The molecular weight excluding hydrogens is 458 g/mol. The zero-order valence-corrected chi connectivity index (χ0v) is 19.2. The van der Waals surface area contributed by atoms with Gasteiger partial charge in [0.15, 0.2) is 11.9 Å². The number of ether oxygens (including phenoxy) is 1. The molecule has 1 fully saturated rings. The number of hydrogen-bond donors (Lipinski definition) is 1. The van der Waals surface area contributed by atoms with Gasteiger partial charge in [0.2, 0.25) is 0 Å². The van der Waals surface area contributed by atoms with Gasteiger partial charge in [0, 0.05) is 52.7 Å². The van der Waals surface area contributed by atoms with Crippen LogP contribution in [0.25, 0.3) is 22.1 Å². The largest absolute Gasteiger partial charge is 0.481 e. The van der Waals surface area contributed by atoms with Crippen molar-refractivity contribution in [1.29, 1.82) is 0 Å². The molecule has 10 heteroatoms. The molecule has 174 valence electrons. The van der Waals surface area contributed by atoms with E-state index in [1.165, 1.54) is 6.07 Å². The number of likely N-dealkylation sites (tertiary alicyclic amines) is 1. The van der Waals surface area contributed by atoms with Crippen LogP contribution < -0.4 is 10.4 Å². The number of nitrogens with zero attached hydrogens (tertiary/aromatic N) is 4. The van der Waals surface area contributed by atoms with Crippen LogP contribution in [0.15, 0.2) is 57.7 Å². The zero-order chi connectivity index (χ0) is 23.7. The average Bonchev–Trinajstić information content (AvgIpc) is 3.38. The van der Waals surface area contributed by atoms with Crippen molar-refractivity contribution in [2.45, 2.75) is 31.8 Å². The summed E-state index contributed by atoms with van der Waals surface area (Å²) in [7, 11) is 0. The van der Waals surface area contributed by atoms with Gasteiger partial charge in [0.05, 0.1) is 0 Å². The van der Waals surface area contributed by atoms with Crippen molar-refractivity contribution in [3.63, 3.8) is 0 Å². The number of halogens is 1. The number of aromatic amines is 1. The third-order valence-electron chi connectivity index (χ3n) is 6.00. The molecule has 1 aliphatic rings. The van der Waals surface area contributed by atoms with E-state index in [1.807, 2.05) is 18.2 Å². The molecule has 1 amide bonds. The number of aromatic nitrogens is 4. The summed E-state index contributed by atoms with van der Waals surface area (Å²) >= 11 is 6.35. The van der Waals surface area contributed by atoms with Crippen molar-refractivity contribution in [2.75, 3.05) is 13.1 Å². The fourth-order valence-corrected chi connectivity index (χ4v) is 4.60. The highest BCUT2D eigenvalue weighted by atomic mass is 35.5. The van der Waals surface area contributed by atoms with Crippen molar-refractivity contribution in [3.8, 4) is 16.9 Å². The Morgan fingerprint density at radius 2 is 2.09 bits per heavy atom. The minimum Gasteiger partial charge on any atom is -0.481 e. The topological polar surface area (TPSA) is 114 Å². The number of nitrogens with one attached hydrogen (secondary N) is 1. The molecule has 0 bridgehead atoms. The lowest BCUT2D eigenvalue weighted by Gasteiger charge is -2.33. The van der Waals surface area contributed by atoms with Crippen LogP contribution in [0.2, 0.25) is 5.02 Å². The van der Waals surface area contributed by atoms with E-state index in [-0.39, 0.29) is 11.8 Å². The average molecular weight is 480 g/mol. The monoisotopic (exact) mass is 479 g/mol. The molecule has 0 radical (unpaired) electrons. The van der Waals surface area contributed by atoms with Gasteiger partial charge in [-0.25, -0.2) is 4.79 Å². The van der Waals surface area contributed by atoms with Gasteiger partial charge in [-0.05, 0) is 38.0 Å². The van der Waals surface area contributed by atoms with Gasteiger partial charge >= 0.3 is 5.63 Å². The highest BCUT2D eigenvalue weighted by Gasteiger charge is 2.30. The Morgan fingerprint density at radius 3 is 2.88 bits per heavy atom. The van der Waals surface area contributed by atoms with Crippen LogP contribution >= 0.6 is 11.6 Å². The maximum Gasteiger partial charge on any atom is 0.336 e. The summed E-state index contributed by atoms with van der Waals surface area (Å²) in [5.74, 6) is 0.964. The predicted octanol–water partition coefficient (Wildman–Crippen LogP) is 3.80. The minimum absolute atomic E-state index is 0.0434. The molecule has 0 spiro atoms. The van der Waals surface area contributed by atoms with E-state index in [0.29, 0.717) is 40.8 Å². The molecule has 1 aliphatic heterocycles. The van der Waals surface area contributed by atoms with Crippen LogP contribution in [-0.2, 0) is 4.79 Å². The Labute approximate surface area is 199 Å². The molecule has 0 saturated carbocycles. The summed E-state index contributed by atoms with van der Waals surface area (Å²) in [5.41, 5.74) is 1.27. The number of benzene rings is 2. The number of carbonyl (C=O) groups is 1. The van der Waals surface area contributed by atoms with Gasteiger partial charge in [-0.3, -0.25) is 4.79 Å². The summed E-state index contributed by atoms with van der Waals surface area (Å²) in [4.78, 5) is 27.1. The standard InChI is InChI=1S/C24H22ClN5O4/c1-14(24(32)30-10-4-5-15(13-30)23-26-28-29-27-23)33-16-8-9-18-19(12-22(31)34-21(18)11-16)17-6-2-3-7-20(17)25/h2-3,6-9,11-12,14-15H,4-5,10,13H2,1H3,(H,26,27,28,29). The SMILES string of the molecule is CC(Oc1ccc2c(-c3ccccc3Cl)cc(=O)oc2c1)C(=O)N1CCCC(c2nn[nH]n2)C1. The van der Waals surface area contributed by atoms with Crippen molar-refractivity contribution < 1.29 is 13.9 Å². The summed E-state index contributed by atoms with van der Waals surface area (Å²) in [6.07, 6.45) is 1.03. The van der Waals surface area contributed by atoms with Gasteiger partial charge in [-0.1, -0.05) is 35.0 Å². The van der Waals surface area contributed by atoms with Gasteiger partial charge in [-0.2, -0.15) is 5.21 Å². The van der Waals surface area contributed by atoms with E-state index in [9.17, 15) is 9.59 Å².